The number of anilines is 3. The first-order valence-corrected chi connectivity index (χ1v) is 13.8. The SMILES string of the molecule is CCOc1ccc(N(C(=O)c2snc(C(N)=O)c2N)[C@@H](C(=O)NC[C@@H]2CCCO2)c2ccc(N(C)C)cc2)cc1. The topological polar surface area (TPSA) is 153 Å². The van der Waals surface area contributed by atoms with E-state index in [0.717, 1.165) is 30.1 Å². The van der Waals surface area contributed by atoms with Gasteiger partial charge in [0.1, 0.15) is 16.7 Å². The van der Waals surface area contributed by atoms with Crippen LogP contribution in [0.1, 0.15) is 51.5 Å². The minimum atomic E-state index is -1.08. The van der Waals surface area contributed by atoms with Gasteiger partial charge in [0.15, 0.2) is 5.69 Å². The molecule has 1 fully saturated rings. The molecule has 2 aromatic carbocycles. The quantitative estimate of drug-likeness (QED) is 0.320. The first-order chi connectivity index (χ1) is 19.2. The van der Waals surface area contributed by atoms with E-state index in [2.05, 4.69) is 9.69 Å². The number of amides is 3. The molecule has 11 nitrogen and oxygen atoms in total. The lowest BCUT2D eigenvalue weighted by molar-refractivity contribution is -0.123. The predicted octanol–water partition coefficient (Wildman–Crippen LogP) is 2.97. The molecule has 4 rings (SSSR count). The molecule has 0 bridgehead atoms. The molecule has 5 N–H and O–H groups in total. The van der Waals surface area contributed by atoms with Crippen LogP contribution in [-0.4, -0.2) is 62.1 Å². The Morgan fingerprint density at radius 2 is 1.80 bits per heavy atom. The van der Waals surface area contributed by atoms with E-state index < -0.39 is 23.8 Å². The normalized spacial score (nSPS) is 15.3. The maximum Gasteiger partial charge on any atom is 0.273 e. The Hall–Kier alpha value is -4.16. The summed E-state index contributed by atoms with van der Waals surface area (Å²) in [6.07, 6.45) is 1.68. The molecule has 0 aliphatic carbocycles. The van der Waals surface area contributed by atoms with Gasteiger partial charge in [0.25, 0.3) is 11.8 Å². The van der Waals surface area contributed by atoms with Crippen LogP contribution < -0.4 is 31.3 Å². The van der Waals surface area contributed by atoms with Crippen molar-refractivity contribution in [1.82, 2.24) is 9.69 Å². The zero-order chi connectivity index (χ0) is 28.8. The summed E-state index contributed by atoms with van der Waals surface area (Å²) in [4.78, 5) is 43.2. The first-order valence-electron chi connectivity index (χ1n) is 13.0. The average Bonchev–Trinajstić information content (AvgIpc) is 3.60. The minimum absolute atomic E-state index is 0.00419. The fourth-order valence-corrected chi connectivity index (χ4v) is 5.22. The molecule has 1 saturated heterocycles. The molecule has 3 amide bonds. The van der Waals surface area contributed by atoms with Gasteiger partial charge in [-0.15, -0.1) is 0 Å². The zero-order valence-electron chi connectivity index (χ0n) is 22.8. The van der Waals surface area contributed by atoms with Crippen molar-refractivity contribution in [1.29, 1.82) is 0 Å². The summed E-state index contributed by atoms with van der Waals surface area (Å²) in [6.45, 7) is 3.31. The number of nitrogens with zero attached hydrogens (tertiary/aromatic N) is 3. The number of ether oxygens (including phenoxy) is 2. The van der Waals surface area contributed by atoms with Crippen LogP contribution in [0.2, 0.25) is 0 Å². The standard InChI is InChI=1S/C28H34N6O5S/c1-4-38-20-13-11-19(12-14-20)34(28(37)25-22(29)23(26(30)35)32-40-25)24(17-7-9-18(10-8-17)33(2)3)27(36)31-16-21-6-5-15-39-21/h7-14,21,24H,4-6,15-16,29H2,1-3H3,(H2,30,35)(H,31,36)/t21-,24+/m0/s1. The molecule has 0 unspecified atom stereocenters. The Balaban J connectivity index is 1.81. The zero-order valence-corrected chi connectivity index (χ0v) is 23.6. The summed E-state index contributed by atoms with van der Waals surface area (Å²) >= 11 is 0.761. The van der Waals surface area contributed by atoms with E-state index in [1.54, 1.807) is 24.3 Å². The minimum Gasteiger partial charge on any atom is -0.494 e. The number of nitrogens with one attached hydrogen (secondary N) is 1. The van der Waals surface area contributed by atoms with Gasteiger partial charge in [-0.05, 0) is 73.3 Å². The third-order valence-electron chi connectivity index (χ3n) is 6.56. The molecule has 40 heavy (non-hydrogen) atoms. The number of hydrogen-bond donors (Lipinski definition) is 3. The van der Waals surface area contributed by atoms with E-state index in [4.69, 9.17) is 20.9 Å². The van der Waals surface area contributed by atoms with Crippen molar-refractivity contribution >= 4 is 46.3 Å². The Morgan fingerprint density at radius 1 is 1.12 bits per heavy atom. The second-order valence-corrected chi connectivity index (χ2v) is 10.3. The summed E-state index contributed by atoms with van der Waals surface area (Å²) < 4.78 is 15.3. The lowest BCUT2D eigenvalue weighted by atomic mass is 10.0. The van der Waals surface area contributed by atoms with Crippen LogP contribution in [-0.2, 0) is 9.53 Å². The molecule has 0 radical (unpaired) electrons. The van der Waals surface area contributed by atoms with Crippen molar-refractivity contribution in [2.75, 3.05) is 49.4 Å². The molecule has 212 valence electrons. The highest BCUT2D eigenvalue weighted by Gasteiger charge is 2.36. The molecule has 3 aromatic rings. The number of rotatable bonds is 11. The number of aromatic nitrogens is 1. The number of benzene rings is 2. The number of carbonyl (C=O) groups excluding carboxylic acids is 3. The lowest BCUT2D eigenvalue weighted by Crippen LogP contribution is -2.45. The number of primary amides is 1. The van der Waals surface area contributed by atoms with Crippen molar-refractivity contribution in [3.8, 4) is 5.75 Å². The molecule has 1 aromatic heterocycles. The average molecular weight is 567 g/mol. The molecule has 1 aliphatic rings. The Morgan fingerprint density at radius 3 is 2.35 bits per heavy atom. The van der Waals surface area contributed by atoms with Crippen molar-refractivity contribution in [2.45, 2.75) is 31.9 Å². The van der Waals surface area contributed by atoms with Crippen molar-refractivity contribution in [3.05, 3.63) is 64.7 Å². The third-order valence-corrected chi connectivity index (χ3v) is 7.41. The van der Waals surface area contributed by atoms with Gasteiger partial charge in [0.05, 0.1) is 18.4 Å². The van der Waals surface area contributed by atoms with E-state index in [1.807, 2.05) is 50.2 Å². The van der Waals surface area contributed by atoms with E-state index >= 15 is 0 Å². The van der Waals surface area contributed by atoms with Crippen LogP contribution in [0.3, 0.4) is 0 Å². The maximum absolute atomic E-state index is 14.2. The van der Waals surface area contributed by atoms with E-state index in [0.29, 0.717) is 36.8 Å². The van der Waals surface area contributed by atoms with Gasteiger partial charge < -0.3 is 31.2 Å². The smallest absolute Gasteiger partial charge is 0.273 e. The maximum atomic E-state index is 14.2. The van der Waals surface area contributed by atoms with E-state index in [9.17, 15) is 14.4 Å². The molecular formula is C28H34N6O5S. The van der Waals surface area contributed by atoms with Crippen LogP contribution >= 0.6 is 11.5 Å². The lowest BCUT2D eigenvalue weighted by Gasteiger charge is -2.32. The van der Waals surface area contributed by atoms with Crippen molar-refractivity contribution < 1.29 is 23.9 Å². The van der Waals surface area contributed by atoms with Crippen LogP contribution in [0, 0.1) is 0 Å². The van der Waals surface area contributed by atoms with Crippen LogP contribution in [0.15, 0.2) is 48.5 Å². The van der Waals surface area contributed by atoms with Gasteiger partial charge >= 0.3 is 0 Å². The van der Waals surface area contributed by atoms with Crippen LogP contribution in [0.5, 0.6) is 5.75 Å². The van der Waals surface area contributed by atoms with Gasteiger partial charge in [0.2, 0.25) is 5.91 Å². The molecule has 2 atom stereocenters. The molecule has 0 saturated carbocycles. The number of hydrogen-bond acceptors (Lipinski definition) is 9. The third kappa shape index (κ3) is 6.35. The molecular weight excluding hydrogens is 532 g/mol. The van der Waals surface area contributed by atoms with Crippen LogP contribution in [0.25, 0.3) is 0 Å². The summed E-state index contributed by atoms with van der Waals surface area (Å²) in [7, 11) is 3.83. The fourth-order valence-electron chi connectivity index (χ4n) is 4.48. The Bertz CT molecular complexity index is 1340. The molecule has 12 heteroatoms. The molecule has 2 heterocycles. The highest BCUT2D eigenvalue weighted by molar-refractivity contribution is 7.09. The summed E-state index contributed by atoms with van der Waals surface area (Å²) in [5, 5.41) is 2.98. The van der Waals surface area contributed by atoms with E-state index in [-0.39, 0.29) is 22.4 Å². The molecule has 0 spiro atoms. The van der Waals surface area contributed by atoms with Crippen molar-refractivity contribution in [3.63, 3.8) is 0 Å². The van der Waals surface area contributed by atoms with Gasteiger partial charge in [-0.2, -0.15) is 4.37 Å². The predicted molar refractivity (Wildman–Crippen MR) is 155 cm³/mol. The monoisotopic (exact) mass is 566 g/mol. The Kier molecular flexibility index (Phi) is 9.22. The fraction of sp³-hybridized carbons (Fsp3) is 0.357. The summed E-state index contributed by atoms with van der Waals surface area (Å²) in [5.41, 5.74) is 13.2. The van der Waals surface area contributed by atoms with Crippen LogP contribution in [0.4, 0.5) is 17.1 Å². The summed E-state index contributed by atoms with van der Waals surface area (Å²) in [5.74, 6) is -1.22. The summed E-state index contributed by atoms with van der Waals surface area (Å²) in [6, 6.07) is 13.1. The van der Waals surface area contributed by atoms with Gasteiger partial charge in [-0.3, -0.25) is 19.3 Å². The van der Waals surface area contributed by atoms with Gasteiger partial charge in [-0.1, -0.05) is 12.1 Å². The van der Waals surface area contributed by atoms with Crippen molar-refractivity contribution in [2.24, 2.45) is 5.73 Å². The highest BCUT2D eigenvalue weighted by atomic mass is 32.1. The van der Waals surface area contributed by atoms with Gasteiger partial charge in [-0.25, -0.2) is 0 Å². The highest BCUT2D eigenvalue weighted by Crippen LogP contribution is 2.34. The first kappa shape index (κ1) is 28.8. The van der Waals surface area contributed by atoms with Gasteiger partial charge in [0, 0.05) is 38.6 Å². The number of nitrogen functional groups attached to an aromatic ring is 1. The van der Waals surface area contributed by atoms with E-state index in [1.165, 1.54) is 4.90 Å². The Labute approximate surface area is 237 Å². The largest absolute Gasteiger partial charge is 0.494 e. The second-order valence-electron chi connectivity index (χ2n) is 9.51. The second kappa shape index (κ2) is 12.8. The molecule has 1 aliphatic heterocycles. The number of nitrogens with two attached hydrogens (primary N) is 2. The number of carbonyl (C=O) groups is 3.